The molecule has 4 rings (SSSR count). The van der Waals surface area contributed by atoms with Gasteiger partial charge in [-0.1, -0.05) is 0 Å². The van der Waals surface area contributed by atoms with Crippen molar-refractivity contribution in [2.75, 3.05) is 11.9 Å². The number of hydrogen-bond acceptors (Lipinski definition) is 2. The topological polar surface area (TPSA) is 29.9 Å². The number of nitrogens with one attached hydrogen (secondary N) is 1. The zero-order chi connectivity index (χ0) is 15.1. The lowest BCUT2D eigenvalue weighted by molar-refractivity contribution is 0.627. The molecule has 2 aromatic carbocycles. The van der Waals surface area contributed by atoms with E-state index in [0.29, 0.717) is 0 Å². The maximum atomic E-state index is 13.1. The summed E-state index contributed by atoms with van der Waals surface area (Å²) in [6.45, 7) is 0.836. The number of nitrogens with zero attached hydrogens (tertiary/aromatic N) is 2. The Morgan fingerprint density at radius 1 is 0.909 bits per heavy atom. The van der Waals surface area contributed by atoms with Gasteiger partial charge in [-0.25, -0.2) is 13.5 Å². The van der Waals surface area contributed by atoms with Crippen LogP contribution < -0.4 is 5.32 Å². The molecule has 0 saturated carbocycles. The first-order chi connectivity index (χ1) is 10.7. The number of aromatic nitrogens is 2. The van der Waals surface area contributed by atoms with Crippen LogP contribution in [0.15, 0.2) is 48.5 Å². The minimum Gasteiger partial charge on any atom is -0.369 e. The van der Waals surface area contributed by atoms with Crippen LogP contribution in [0.1, 0.15) is 5.56 Å². The standard InChI is InChI=1S/C17H13F2N3/c18-12-3-1-11(2-4-12)16-15-9-10-20-17(15)22(21-16)14-7-5-13(19)6-8-14/h1-8,20H,9-10H2. The first kappa shape index (κ1) is 13.0. The van der Waals surface area contributed by atoms with E-state index in [-0.39, 0.29) is 11.6 Å². The fraction of sp³-hybridized carbons (Fsp3) is 0.118. The fourth-order valence-electron chi connectivity index (χ4n) is 2.78. The molecule has 0 aliphatic carbocycles. The van der Waals surface area contributed by atoms with Crippen molar-refractivity contribution in [2.24, 2.45) is 0 Å². The van der Waals surface area contributed by atoms with Crippen molar-refractivity contribution in [3.05, 3.63) is 65.7 Å². The first-order valence-electron chi connectivity index (χ1n) is 7.10. The van der Waals surface area contributed by atoms with Crippen LogP contribution in [0.4, 0.5) is 14.6 Å². The van der Waals surface area contributed by atoms with Crippen LogP contribution in [0.2, 0.25) is 0 Å². The molecule has 1 aromatic heterocycles. The Balaban J connectivity index is 1.86. The Morgan fingerprint density at radius 3 is 2.23 bits per heavy atom. The average Bonchev–Trinajstić information content (AvgIpc) is 3.12. The van der Waals surface area contributed by atoms with Gasteiger partial charge in [0.25, 0.3) is 0 Å². The predicted octanol–water partition coefficient (Wildman–Crippen LogP) is 3.79. The molecule has 3 aromatic rings. The molecule has 0 spiro atoms. The maximum Gasteiger partial charge on any atom is 0.133 e. The zero-order valence-corrected chi connectivity index (χ0v) is 11.7. The summed E-state index contributed by atoms with van der Waals surface area (Å²) in [4.78, 5) is 0. The van der Waals surface area contributed by atoms with E-state index in [1.165, 1.54) is 24.3 Å². The second kappa shape index (κ2) is 4.94. The molecule has 0 saturated heterocycles. The monoisotopic (exact) mass is 297 g/mol. The third-order valence-electron chi connectivity index (χ3n) is 3.84. The highest BCUT2D eigenvalue weighted by Gasteiger charge is 2.23. The molecule has 110 valence electrons. The molecule has 0 amide bonds. The van der Waals surface area contributed by atoms with Crippen molar-refractivity contribution >= 4 is 5.82 Å². The van der Waals surface area contributed by atoms with Gasteiger partial charge >= 0.3 is 0 Å². The molecular formula is C17H13F2N3. The smallest absolute Gasteiger partial charge is 0.133 e. The van der Waals surface area contributed by atoms with Gasteiger partial charge < -0.3 is 5.32 Å². The van der Waals surface area contributed by atoms with Crippen molar-refractivity contribution in [3.63, 3.8) is 0 Å². The lowest BCUT2D eigenvalue weighted by Crippen LogP contribution is -2.04. The molecule has 1 N–H and O–H groups in total. The Hall–Kier alpha value is -2.69. The normalized spacial score (nSPS) is 13.0. The summed E-state index contributed by atoms with van der Waals surface area (Å²) in [7, 11) is 0. The van der Waals surface area contributed by atoms with E-state index in [1.807, 2.05) is 0 Å². The summed E-state index contributed by atoms with van der Waals surface area (Å²) in [5.41, 5.74) is 3.61. The Morgan fingerprint density at radius 2 is 1.55 bits per heavy atom. The number of fused-ring (bicyclic) bond motifs is 1. The van der Waals surface area contributed by atoms with E-state index in [9.17, 15) is 8.78 Å². The summed E-state index contributed by atoms with van der Waals surface area (Å²) < 4.78 is 28.0. The minimum absolute atomic E-state index is 0.267. The summed E-state index contributed by atoms with van der Waals surface area (Å²) in [6, 6.07) is 12.5. The number of hydrogen-bond donors (Lipinski definition) is 1. The van der Waals surface area contributed by atoms with Gasteiger partial charge in [-0.3, -0.25) is 0 Å². The van der Waals surface area contributed by atoms with Gasteiger partial charge in [0.1, 0.15) is 17.5 Å². The van der Waals surface area contributed by atoms with Crippen LogP contribution in [0, 0.1) is 11.6 Å². The average molecular weight is 297 g/mol. The number of rotatable bonds is 2. The lowest BCUT2D eigenvalue weighted by Gasteiger charge is -2.06. The Bertz CT molecular complexity index is 752. The van der Waals surface area contributed by atoms with Gasteiger partial charge in [0, 0.05) is 17.7 Å². The molecule has 0 bridgehead atoms. The number of halogens is 2. The quantitative estimate of drug-likeness (QED) is 0.780. The zero-order valence-electron chi connectivity index (χ0n) is 11.7. The number of benzene rings is 2. The van der Waals surface area contributed by atoms with Crippen LogP contribution in [0.3, 0.4) is 0 Å². The van der Waals surface area contributed by atoms with Gasteiger partial charge in [0.15, 0.2) is 0 Å². The predicted molar refractivity (Wildman–Crippen MR) is 81.1 cm³/mol. The van der Waals surface area contributed by atoms with Crippen LogP contribution in [0.5, 0.6) is 0 Å². The molecule has 0 radical (unpaired) electrons. The summed E-state index contributed by atoms with van der Waals surface area (Å²) >= 11 is 0. The van der Waals surface area contributed by atoms with Crippen LogP contribution in [-0.2, 0) is 6.42 Å². The molecule has 22 heavy (non-hydrogen) atoms. The molecule has 1 aliphatic rings. The van der Waals surface area contributed by atoms with Gasteiger partial charge in [0.05, 0.1) is 11.4 Å². The molecule has 1 aliphatic heterocycles. The van der Waals surface area contributed by atoms with E-state index in [2.05, 4.69) is 10.4 Å². The van der Waals surface area contributed by atoms with E-state index in [0.717, 1.165) is 41.3 Å². The van der Waals surface area contributed by atoms with Crippen molar-refractivity contribution in [3.8, 4) is 16.9 Å². The lowest BCUT2D eigenvalue weighted by atomic mass is 10.1. The number of anilines is 1. The van der Waals surface area contributed by atoms with E-state index in [1.54, 1.807) is 28.9 Å². The van der Waals surface area contributed by atoms with E-state index < -0.39 is 0 Å². The van der Waals surface area contributed by atoms with Gasteiger partial charge in [-0.05, 0) is 55.0 Å². The first-order valence-corrected chi connectivity index (χ1v) is 7.10. The minimum atomic E-state index is -0.278. The van der Waals surface area contributed by atoms with Crippen LogP contribution in [-0.4, -0.2) is 16.3 Å². The van der Waals surface area contributed by atoms with Crippen molar-refractivity contribution in [2.45, 2.75) is 6.42 Å². The van der Waals surface area contributed by atoms with Crippen molar-refractivity contribution in [1.82, 2.24) is 9.78 Å². The summed E-state index contributed by atoms with van der Waals surface area (Å²) in [6.07, 6.45) is 0.864. The van der Waals surface area contributed by atoms with E-state index >= 15 is 0 Å². The highest BCUT2D eigenvalue weighted by atomic mass is 19.1. The second-order valence-corrected chi connectivity index (χ2v) is 5.25. The largest absolute Gasteiger partial charge is 0.369 e. The third kappa shape index (κ3) is 2.06. The molecule has 3 nitrogen and oxygen atoms in total. The maximum absolute atomic E-state index is 13.1. The SMILES string of the molecule is Fc1ccc(-c2nn(-c3ccc(F)cc3)c3c2CCN3)cc1. The van der Waals surface area contributed by atoms with Gasteiger partial charge in [-0.2, -0.15) is 5.10 Å². The second-order valence-electron chi connectivity index (χ2n) is 5.25. The molecule has 0 unspecified atom stereocenters. The fourth-order valence-corrected chi connectivity index (χ4v) is 2.78. The summed E-state index contributed by atoms with van der Waals surface area (Å²) in [5, 5.41) is 7.96. The molecule has 0 fully saturated rings. The third-order valence-corrected chi connectivity index (χ3v) is 3.84. The molecule has 0 atom stereocenters. The molecular weight excluding hydrogens is 284 g/mol. The highest BCUT2D eigenvalue weighted by Crippen LogP contribution is 2.34. The summed E-state index contributed by atoms with van der Waals surface area (Å²) in [5.74, 6) is 0.377. The van der Waals surface area contributed by atoms with Crippen LogP contribution >= 0.6 is 0 Å². The van der Waals surface area contributed by atoms with Crippen molar-refractivity contribution < 1.29 is 8.78 Å². The van der Waals surface area contributed by atoms with Crippen LogP contribution in [0.25, 0.3) is 16.9 Å². The van der Waals surface area contributed by atoms with Gasteiger partial charge in [0.2, 0.25) is 0 Å². The highest BCUT2D eigenvalue weighted by molar-refractivity contribution is 5.72. The Kier molecular flexibility index (Phi) is 2.92. The Labute approximate surface area is 126 Å². The van der Waals surface area contributed by atoms with Crippen molar-refractivity contribution in [1.29, 1.82) is 0 Å². The van der Waals surface area contributed by atoms with Gasteiger partial charge in [-0.15, -0.1) is 0 Å². The molecule has 5 heteroatoms. The van der Waals surface area contributed by atoms with E-state index in [4.69, 9.17) is 0 Å². The molecule has 2 heterocycles.